The predicted molar refractivity (Wildman–Crippen MR) is 162 cm³/mol. The fourth-order valence-corrected chi connectivity index (χ4v) is 5.57. The number of benzene rings is 3. The summed E-state index contributed by atoms with van der Waals surface area (Å²) in [5, 5.41) is 0.644. The van der Waals surface area contributed by atoms with Crippen LogP contribution in [0.4, 0.5) is 5.69 Å². The molecule has 1 aliphatic rings. The Morgan fingerprint density at radius 3 is 2.23 bits per heavy atom. The summed E-state index contributed by atoms with van der Waals surface area (Å²) < 4.78 is 2.14. The van der Waals surface area contributed by atoms with E-state index in [0.717, 1.165) is 54.7 Å². The van der Waals surface area contributed by atoms with E-state index in [2.05, 4.69) is 24.5 Å². The maximum absolute atomic E-state index is 14.3. The second kappa shape index (κ2) is 12.6. The minimum atomic E-state index is -0.351. The van der Waals surface area contributed by atoms with Gasteiger partial charge in [0.05, 0.1) is 17.1 Å². The van der Waals surface area contributed by atoms with Crippen LogP contribution in [0.25, 0.3) is 5.69 Å². The van der Waals surface area contributed by atoms with E-state index in [4.69, 9.17) is 11.6 Å². The SMILES string of the molecule is CCCCc1ccc(C(=O)N(CCCC)CC(=O)N2c3ccccc3-n3cccc3C2c2ccc(Cl)cc2)cc1. The minimum absolute atomic E-state index is 0.00441. The van der Waals surface area contributed by atoms with Crippen LogP contribution in [0, 0.1) is 0 Å². The molecular formula is C34H36ClN3O2. The fourth-order valence-electron chi connectivity index (χ4n) is 5.44. The van der Waals surface area contributed by atoms with E-state index < -0.39 is 0 Å². The molecule has 0 fully saturated rings. The predicted octanol–water partition coefficient (Wildman–Crippen LogP) is 7.85. The Kier molecular flexibility index (Phi) is 8.71. The third-order valence-corrected chi connectivity index (χ3v) is 7.84. The lowest BCUT2D eigenvalue weighted by Crippen LogP contribution is -2.47. The van der Waals surface area contributed by atoms with Gasteiger partial charge in [-0.25, -0.2) is 0 Å². The van der Waals surface area contributed by atoms with E-state index in [1.54, 1.807) is 4.90 Å². The van der Waals surface area contributed by atoms with Crippen LogP contribution in [0.1, 0.15) is 72.8 Å². The number of anilines is 1. The van der Waals surface area contributed by atoms with Gasteiger partial charge in [-0.3, -0.25) is 14.5 Å². The zero-order valence-corrected chi connectivity index (χ0v) is 24.0. The van der Waals surface area contributed by atoms with Crippen molar-refractivity contribution in [2.75, 3.05) is 18.0 Å². The number of para-hydroxylation sites is 2. The monoisotopic (exact) mass is 553 g/mol. The molecule has 6 heteroatoms. The molecule has 40 heavy (non-hydrogen) atoms. The maximum atomic E-state index is 14.3. The number of carbonyl (C=O) groups excluding carboxylic acids is 2. The highest BCUT2D eigenvalue weighted by Crippen LogP contribution is 2.42. The zero-order chi connectivity index (χ0) is 28.1. The molecule has 0 aliphatic carbocycles. The van der Waals surface area contributed by atoms with Crippen molar-refractivity contribution < 1.29 is 9.59 Å². The highest BCUT2D eigenvalue weighted by Gasteiger charge is 2.37. The summed E-state index contributed by atoms with van der Waals surface area (Å²) in [5.74, 6) is -0.232. The lowest BCUT2D eigenvalue weighted by Gasteiger charge is -2.39. The molecule has 5 rings (SSSR count). The van der Waals surface area contributed by atoms with Crippen LogP contribution in [0.5, 0.6) is 0 Å². The van der Waals surface area contributed by atoms with Gasteiger partial charge in [-0.2, -0.15) is 0 Å². The first-order chi connectivity index (χ1) is 19.5. The second-order valence-corrected chi connectivity index (χ2v) is 10.8. The number of aryl methyl sites for hydroxylation is 1. The number of unbranched alkanes of at least 4 members (excludes halogenated alkanes) is 2. The van der Waals surface area contributed by atoms with Crippen molar-refractivity contribution in [3.8, 4) is 5.69 Å². The Bertz CT molecular complexity index is 1460. The Labute approximate surface area is 242 Å². The zero-order valence-electron chi connectivity index (χ0n) is 23.2. The number of fused-ring (bicyclic) bond motifs is 3. The number of amides is 2. The Balaban J connectivity index is 1.49. The average molecular weight is 554 g/mol. The van der Waals surface area contributed by atoms with Crippen molar-refractivity contribution >= 4 is 29.1 Å². The molecule has 1 unspecified atom stereocenters. The van der Waals surface area contributed by atoms with Crippen LogP contribution >= 0.6 is 11.6 Å². The van der Waals surface area contributed by atoms with Crippen LogP contribution in [-0.4, -0.2) is 34.4 Å². The molecule has 1 aromatic heterocycles. The Hall–Kier alpha value is -3.83. The van der Waals surface area contributed by atoms with Gasteiger partial charge < -0.3 is 9.47 Å². The van der Waals surface area contributed by atoms with E-state index in [1.807, 2.05) is 90.0 Å². The highest BCUT2D eigenvalue weighted by molar-refractivity contribution is 6.30. The molecule has 0 saturated heterocycles. The van der Waals surface area contributed by atoms with Crippen molar-refractivity contribution in [1.82, 2.24) is 9.47 Å². The number of halogens is 1. The summed E-state index contributed by atoms with van der Waals surface area (Å²) in [7, 11) is 0. The summed E-state index contributed by atoms with van der Waals surface area (Å²) >= 11 is 6.22. The maximum Gasteiger partial charge on any atom is 0.254 e. The van der Waals surface area contributed by atoms with Crippen LogP contribution in [0.15, 0.2) is 91.1 Å². The second-order valence-electron chi connectivity index (χ2n) is 10.4. The number of rotatable bonds is 10. The topological polar surface area (TPSA) is 45.6 Å². The molecule has 0 N–H and O–H groups in total. The molecule has 1 aliphatic heterocycles. The van der Waals surface area contributed by atoms with Crippen LogP contribution in [0.3, 0.4) is 0 Å². The third-order valence-electron chi connectivity index (χ3n) is 7.59. The Morgan fingerprint density at radius 2 is 1.52 bits per heavy atom. The van der Waals surface area contributed by atoms with E-state index in [-0.39, 0.29) is 24.4 Å². The van der Waals surface area contributed by atoms with Gasteiger partial charge in [-0.05, 0) is 78.9 Å². The number of carbonyl (C=O) groups is 2. The van der Waals surface area contributed by atoms with Gasteiger partial charge in [0.1, 0.15) is 12.6 Å². The van der Waals surface area contributed by atoms with Crippen molar-refractivity contribution in [3.05, 3.63) is 119 Å². The fraction of sp³-hybridized carbons (Fsp3) is 0.294. The van der Waals surface area contributed by atoms with E-state index >= 15 is 0 Å². The molecule has 3 aromatic carbocycles. The Morgan fingerprint density at radius 1 is 0.825 bits per heavy atom. The molecular weight excluding hydrogens is 518 g/mol. The molecule has 4 aromatic rings. The van der Waals surface area contributed by atoms with Crippen molar-refractivity contribution in [1.29, 1.82) is 0 Å². The third kappa shape index (κ3) is 5.71. The lowest BCUT2D eigenvalue weighted by atomic mass is 9.97. The molecule has 0 bridgehead atoms. The number of nitrogens with zero attached hydrogens (tertiary/aromatic N) is 3. The molecule has 0 radical (unpaired) electrons. The van der Waals surface area contributed by atoms with Gasteiger partial charge in [0.2, 0.25) is 5.91 Å². The number of aromatic nitrogens is 1. The number of hydrogen-bond donors (Lipinski definition) is 0. The summed E-state index contributed by atoms with van der Waals surface area (Å²) in [6, 6.07) is 27.2. The summed E-state index contributed by atoms with van der Waals surface area (Å²) in [5.41, 5.74) is 5.55. The molecule has 2 heterocycles. The van der Waals surface area contributed by atoms with Crippen molar-refractivity contribution in [2.45, 2.75) is 52.0 Å². The minimum Gasteiger partial charge on any atom is -0.329 e. The van der Waals surface area contributed by atoms with Crippen molar-refractivity contribution in [2.24, 2.45) is 0 Å². The first-order valence-corrected chi connectivity index (χ1v) is 14.6. The summed E-state index contributed by atoms with van der Waals surface area (Å²) in [6.07, 6.45) is 7.05. The molecule has 2 amide bonds. The highest BCUT2D eigenvalue weighted by atomic mass is 35.5. The summed E-state index contributed by atoms with van der Waals surface area (Å²) in [6.45, 7) is 4.79. The van der Waals surface area contributed by atoms with Gasteiger partial charge in [-0.15, -0.1) is 0 Å². The first kappa shape index (κ1) is 27.7. The first-order valence-electron chi connectivity index (χ1n) is 14.2. The molecule has 206 valence electrons. The quantitative estimate of drug-likeness (QED) is 0.201. The normalized spacial score (nSPS) is 14.0. The number of hydrogen-bond acceptors (Lipinski definition) is 2. The molecule has 0 saturated carbocycles. The van der Waals surface area contributed by atoms with Crippen LogP contribution in [-0.2, 0) is 11.2 Å². The van der Waals surface area contributed by atoms with Gasteiger partial charge in [0, 0.05) is 23.3 Å². The van der Waals surface area contributed by atoms with Gasteiger partial charge in [0.25, 0.3) is 5.91 Å². The van der Waals surface area contributed by atoms with Gasteiger partial charge in [0.15, 0.2) is 0 Å². The van der Waals surface area contributed by atoms with E-state index in [0.29, 0.717) is 17.1 Å². The average Bonchev–Trinajstić information content (AvgIpc) is 3.48. The van der Waals surface area contributed by atoms with E-state index in [9.17, 15) is 9.59 Å². The summed E-state index contributed by atoms with van der Waals surface area (Å²) in [4.78, 5) is 31.6. The van der Waals surface area contributed by atoms with Gasteiger partial charge in [-0.1, -0.05) is 74.7 Å². The largest absolute Gasteiger partial charge is 0.329 e. The smallest absolute Gasteiger partial charge is 0.254 e. The molecule has 5 nitrogen and oxygen atoms in total. The van der Waals surface area contributed by atoms with Crippen LogP contribution < -0.4 is 4.90 Å². The standard InChI is InChI=1S/C34H36ClN3O2/c1-3-5-10-25-14-16-27(17-15-25)34(40)36(22-6-4-2)24-32(39)38-30-12-8-7-11-29(30)37-23-9-13-31(37)33(38)26-18-20-28(35)21-19-26/h7-9,11-21,23,33H,3-6,10,22,24H2,1-2H3. The van der Waals surface area contributed by atoms with Crippen LogP contribution in [0.2, 0.25) is 5.02 Å². The molecule has 1 atom stereocenters. The van der Waals surface area contributed by atoms with Crippen molar-refractivity contribution in [3.63, 3.8) is 0 Å². The molecule has 0 spiro atoms. The lowest BCUT2D eigenvalue weighted by molar-refractivity contribution is -0.119. The van der Waals surface area contributed by atoms with Gasteiger partial charge >= 0.3 is 0 Å². The van der Waals surface area contributed by atoms with E-state index in [1.165, 1.54) is 5.56 Å².